The Bertz CT molecular complexity index is 846. The van der Waals surface area contributed by atoms with E-state index >= 15 is 0 Å². The number of pyridine rings is 1. The lowest BCUT2D eigenvalue weighted by Crippen LogP contribution is -1.97. The van der Waals surface area contributed by atoms with Crippen molar-refractivity contribution in [1.82, 2.24) is 4.98 Å². The van der Waals surface area contributed by atoms with Gasteiger partial charge in [0, 0.05) is 17.3 Å². The number of hydrogen-bond donors (Lipinski definition) is 1. The van der Waals surface area contributed by atoms with Crippen molar-refractivity contribution in [2.75, 3.05) is 5.32 Å². The summed E-state index contributed by atoms with van der Waals surface area (Å²) >= 11 is 0. The van der Waals surface area contributed by atoms with E-state index in [0.717, 1.165) is 22.3 Å². The molecule has 110 valence electrons. The molecule has 0 saturated heterocycles. The summed E-state index contributed by atoms with van der Waals surface area (Å²) in [6.07, 6.45) is 1.62. The molecule has 0 unspecified atom stereocenters. The maximum Gasteiger partial charge on any atom is 0.103 e. The maximum atomic E-state index is 9.34. The Morgan fingerprint density at radius 1 is 1.05 bits per heavy atom. The van der Waals surface area contributed by atoms with E-state index in [9.17, 15) is 5.26 Å². The van der Waals surface area contributed by atoms with Crippen LogP contribution in [0, 0.1) is 25.2 Å². The summed E-state index contributed by atoms with van der Waals surface area (Å²) in [4.78, 5) is 4.33. The number of nitrogens with zero attached hydrogens (tertiary/aromatic N) is 2. The van der Waals surface area contributed by atoms with Crippen LogP contribution in [0.3, 0.4) is 0 Å². The largest absolute Gasteiger partial charge is 0.354 e. The third-order valence-electron chi connectivity index (χ3n) is 3.39. The average molecular weight is 310 g/mol. The minimum atomic E-state index is 0. The molecule has 0 amide bonds. The highest BCUT2D eigenvalue weighted by molar-refractivity contribution is 5.95. The van der Waals surface area contributed by atoms with E-state index in [1.54, 1.807) is 6.20 Å². The number of hydrogen-bond acceptors (Lipinski definition) is 3. The topological polar surface area (TPSA) is 48.7 Å². The van der Waals surface area contributed by atoms with E-state index in [1.165, 1.54) is 11.1 Å². The molecule has 0 aliphatic carbocycles. The van der Waals surface area contributed by atoms with Gasteiger partial charge in [0.15, 0.2) is 0 Å². The molecule has 4 heteroatoms. The second kappa shape index (κ2) is 6.46. The van der Waals surface area contributed by atoms with Crippen molar-refractivity contribution >= 4 is 34.7 Å². The van der Waals surface area contributed by atoms with Crippen LogP contribution < -0.4 is 5.32 Å². The van der Waals surface area contributed by atoms with Gasteiger partial charge in [0.1, 0.15) is 6.07 Å². The molecular weight excluding hydrogens is 294 g/mol. The number of aryl methyl sites for hydroxylation is 2. The lowest BCUT2D eigenvalue weighted by atomic mass is 10.1. The molecule has 1 aromatic heterocycles. The fourth-order valence-electron chi connectivity index (χ4n) is 2.55. The molecule has 2 aromatic carbocycles. The van der Waals surface area contributed by atoms with E-state index in [0.29, 0.717) is 5.56 Å². The lowest BCUT2D eigenvalue weighted by Gasteiger charge is -2.12. The van der Waals surface area contributed by atoms with Crippen molar-refractivity contribution in [3.05, 3.63) is 65.4 Å². The Hall–Kier alpha value is -2.57. The number of aromatic nitrogens is 1. The molecule has 0 aliphatic rings. The van der Waals surface area contributed by atoms with Crippen LogP contribution in [0.5, 0.6) is 0 Å². The van der Waals surface area contributed by atoms with Crippen molar-refractivity contribution < 1.29 is 0 Å². The molecule has 1 N–H and O–H groups in total. The zero-order chi connectivity index (χ0) is 14.8. The molecule has 0 radical (unpaired) electrons. The van der Waals surface area contributed by atoms with Crippen LogP contribution in [-0.2, 0) is 0 Å². The first-order chi connectivity index (χ1) is 10.2. The van der Waals surface area contributed by atoms with Crippen LogP contribution in [0.4, 0.5) is 11.4 Å². The van der Waals surface area contributed by atoms with Crippen LogP contribution >= 0.6 is 12.4 Å². The number of anilines is 2. The molecule has 0 spiro atoms. The number of nitrogens with one attached hydrogen (secondary N) is 1. The highest BCUT2D eigenvalue weighted by atomic mass is 35.5. The van der Waals surface area contributed by atoms with Crippen molar-refractivity contribution in [3.63, 3.8) is 0 Å². The summed E-state index contributed by atoms with van der Waals surface area (Å²) in [7, 11) is 0. The number of nitriles is 1. The second-order valence-electron chi connectivity index (χ2n) is 5.18. The SMILES string of the molecule is Cc1cc(C)cc(Nc2c(C#N)cnc3ccccc23)c1.Cl. The Labute approximate surface area is 136 Å². The van der Waals surface area contributed by atoms with Crippen LogP contribution in [0.1, 0.15) is 16.7 Å². The van der Waals surface area contributed by atoms with Crippen LogP contribution in [0.25, 0.3) is 10.9 Å². The quantitative estimate of drug-likeness (QED) is 0.733. The molecule has 3 rings (SSSR count). The molecule has 0 saturated carbocycles. The molecule has 0 fully saturated rings. The van der Waals surface area contributed by atoms with Gasteiger partial charge in [-0.2, -0.15) is 5.26 Å². The predicted molar refractivity (Wildman–Crippen MR) is 92.9 cm³/mol. The van der Waals surface area contributed by atoms with E-state index in [1.807, 2.05) is 24.3 Å². The molecule has 22 heavy (non-hydrogen) atoms. The van der Waals surface area contributed by atoms with Gasteiger partial charge in [-0.15, -0.1) is 12.4 Å². The Kier molecular flexibility index (Phi) is 4.65. The maximum absolute atomic E-state index is 9.34. The molecule has 3 nitrogen and oxygen atoms in total. The monoisotopic (exact) mass is 309 g/mol. The normalized spacial score (nSPS) is 9.86. The van der Waals surface area contributed by atoms with Gasteiger partial charge in [0.25, 0.3) is 0 Å². The standard InChI is InChI=1S/C18H15N3.ClH/c1-12-7-13(2)9-15(8-12)21-18-14(10-19)11-20-17-6-4-3-5-16(17)18;/h3-9,11H,1-2H3,(H,20,21);1H. The van der Waals surface area contributed by atoms with Gasteiger partial charge in [0.2, 0.25) is 0 Å². The highest BCUT2D eigenvalue weighted by Gasteiger charge is 2.09. The molecule has 0 atom stereocenters. The zero-order valence-corrected chi connectivity index (χ0v) is 13.2. The first kappa shape index (κ1) is 15.8. The Morgan fingerprint density at radius 3 is 2.41 bits per heavy atom. The fourth-order valence-corrected chi connectivity index (χ4v) is 2.55. The summed E-state index contributed by atoms with van der Waals surface area (Å²) in [6, 6.07) is 16.3. The molecular formula is C18H16ClN3. The Morgan fingerprint density at radius 2 is 1.73 bits per heavy atom. The van der Waals surface area contributed by atoms with Gasteiger partial charge < -0.3 is 5.32 Å². The Balaban J connectivity index is 0.00000176. The van der Waals surface area contributed by atoms with E-state index in [2.05, 4.69) is 48.4 Å². The van der Waals surface area contributed by atoms with Gasteiger partial charge in [0.05, 0.1) is 16.8 Å². The van der Waals surface area contributed by atoms with E-state index < -0.39 is 0 Å². The second-order valence-corrected chi connectivity index (χ2v) is 5.18. The van der Waals surface area contributed by atoms with Gasteiger partial charge >= 0.3 is 0 Å². The summed E-state index contributed by atoms with van der Waals surface area (Å²) in [5.41, 5.74) is 5.61. The average Bonchev–Trinajstić information content (AvgIpc) is 2.46. The first-order valence-corrected chi connectivity index (χ1v) is 6.80. The molecule has 3 aromatic rings. The van der Waals surface area contributed by atoms with Gasteiger partial charge in [-0.1, -0.05) is 24.3 Å². The molecule has 0 bridgehead atoms. The van der Waals surface area contributed by atoms with Gasteiger partial charge in [-0.05, 0) is 43.2 Å². The molecule has 1 heterocycles. The summed E-state index contributed by atoms with van der Waals surface area (Å²) in [5, 5.41) is 13.7. The number of rotatable bonds is 2. The predicted octanol–water partition coefficient (Wildman–Crippen LogP) is 4.89. The van der Waals surface area contributed by atoms with E-state index in [4.69, 9.17) is 0 Å². The van der Waals surface area contributed by atoms with Crippen LogP contribution in [-0.4, -0.2) is 4.98 Å². The smallest absolute Gasteiger partial charge is 0.103 e. The first-order valence-electron chi connectivity index (χ1n) is 6.80. The number of fused-ring (bicyclic) bond motifs is 1. The lowest BCUT2D eigenvalue weighted by molar-refractivity contribution is 1.35. The highest BCUT2D eigenvalue weighted by Crippen LogP contribution is 2.29. The number of halogens is 1. The minimum absolute atomic E-state index is 0. The molecule has 0 aliphatic heterocycles. The van der Waals surface area contributed by atoms with Gasteiger partial charge in [-0.3, -0.25) is 4.98 Å². The van der Waals surface area contributed by atoms with Crippen LogP contribution in [0.2, 0.25) is 0 Å². The van der Waals surface area contributed by atoms with Crippen molar-refractivity contribution in [2.45, 2.75) is 13.8 Å². The van der Waals surface area contributed by atoms with Crippen molar-refractivity contribution in [2.24, 2.45) is 0 Å². The summed E-state index contributed by atoms with van der Waals surface area (Å²) in [5.74, 6) is 0. The third-order valence-corrected chi connectivity index (χ3v) is 3.39. The number of benzene rings is 2. The van der Waals surface area contributed by atoms with Gasteiger partial charge in [-0.25, -0.2) is 0 Å². The zero-order valence-electron chi connectivity index (χ0n) is 12.4. The number of para-hydroxylation sites is 1. The third kappa shape index (κ3) is 3.03. The van der Waals surface area contributed by atoms with Crippen molar-refractivity contribution in [3.8, 4) is 6.07 Å². The fraction of sp³-hybridized carbons (Fsp3) is 0.111. The van der Waals surface area contributed by atoms with Crippen LogP contribution in [0.15, 0.2) is 48.7 Å². The van der Waals surface area contributed by atoms with E-state index in [-0.39, 0.29) is 12.4 Å². The van der Waals surface area contributed by atoms with Crippen molar-refractivity contribution in [1.29, 1.82) is 5.26 Å². The summed E-state index contributed by atoms with van der Waals surface area (Å²) in [6.45, 7) is 4.13. The minimum Gasteiger partial charge on any atom is -0.354 e. The summed E-state index contributed by atoms with van der Waals surface area (Å²) < 4.78 is 0.